The largest absolute Gasteiger partial charge is 0.459 e. The molecule has 1 atom stereocenters. The van der Waals surface area contributed by atoms with Crippen molar-refractivity contribution in [3.63, 3.8) is 0 Å². The summed E-state index contributed by atoms with van der Waals surface area (Å²) in [6.45, 7) is -0.946. The lowest BCUT2D eigenvalue weighted by Gasteiger charge is -2.20. The Bertz CT molecular complexity index is 174. The molecule has 0 aliphatic heterocycles. The minimum Gasteiger partial charge on any atom is -0.459 e. The number of aliphatic hydroxyl groups is 1. The van der Waals surface area contributed by atoms with Gasteiger partial charge < -0.3 is 9.84 Å². The van der Waals surface area contributed by atoms with Crippen molar-refractivity contribution < 1.29 is 32.2 Å². The zero-order chi connectivity index (χ0) is 9.99. The van der Waals surface area contributed by atoms with Gasteiger partial charge in [0.15, 0.2) is 6.61 Å². The average Bonchev–Trinajstić information content (AvgIpc) is 1.81. The van der Waals surface area contributed by atoms with E-state index in [1.165, 1.54) is 0 Å². The van der Waals surface area contributed by atoms with Crippen molar-refractivity contribution in [1.82, 2.24) is 0 Å². The Balaban J connectivity index is 4.14. The summed E-state index contributed by atoms with van der Waals surface area (Å²) >= 11 is 0. The molecule has 0 aliphatic rings. The molecule has 0 bridgehead atoms. The van der Waals surface area contributed by atoms with Crippen LogP contribution in [-0.4, -0.2) is 29.7 Å². The lowest BCUT2D eigenvalue weighted by molar-refractivity contribution is -0.326. The third-order valence-corrected chi connectivity index (χ3v) is 0.901. The zero-order valence-electron chi connectivity index (χ0n) is 5.98. The van der Waals surface area contributed by atoms with E-state index in [-0.39, 0.29) is 0 Å². The molecule has 0 saturated carbocycles. The lowest BCUT2D eigenvalue weighted by Crippen LogP contribution is -2.45. The van der Waals surface area contributed by atoms with Crippen molar-refractivity contribution in [2.75, 3.05) is 6.61 Å². The smallest absolute Gasteiger partial charge is 0.451 e. The van der Waals surface area contributed by atoms with Gasteiger partial charge in [0.05, 0.1) is 0 Å². The van der Waals surface area contributed by atoms with Gasteiger partial charge in [-0.25, -0.2) is 0 Å². The highest BCUT2D eigenvalue weighted by Crippen LogP contribution is 2.31. The number of carbonyl (C=O) groups is 1. The molecular formula is C5H6F4O3. The fraction of sp³-hybridized carbons (Fsp3) is 0.800. The second-order valence-electron chi connectivity index (χ2n) is 2.04. The van der Waals surface area contributed by atoms with Gasteiger partial charge in [0, 0.05) is 6.92 Å². The maximum Gasteiger partial charge on any atom is 0.451 e. The predicted molar refractivity (Wildman–Crippen MR) is 28.7 cm³/mol. The number of halogens is 4. The van der Waals surface area contributed by atoms with Gasteiger partial charge in [0.1, 0.15) is 0 Å². The third kappa shape index (κ3) is 3.04. The zero-order valence-corrected chi connectivity index (χ0v) is 5.98. The molecule has 0 heterocycles. The van der Waals surface area contributed by atoms with Gasteiger partial charge in [-0.3, -0.25) is 4.79 Å². The average molecular weight is 190 g/mol. The van der Waals surface area contributed by atoms with Gasteiger partial charge in [-0.1, -0.05) is 0 Å². The van der Waals surface area contributed by atoms with Gasteiger partial charge in [0.2, 0.25) is 0 Å². The second kappa shape index (κ2) is 3.26. The molecule has 3 nitrogen and oxygen atoms in total. The van der Waals surface area contributed by atoms with E-state index in [4.69, 9.17) is 5.11 Å². The lowest BCUT2D eigenvalue weighted by atomic mass is 10.3. The highest BCUT2D eigenvalue weighted by molar-refractivity contribution is 5.65. The Kier molecular flexibility index (Phi) is 3.03. The van der Waals surface area contributed by atoms with E-state index >= 15 is 0 Å². The molecule has 0 aromatic rings. The summed E-state index contributed by atoms with van der Waals surface area (Å²) < 4.78 is 50.2. The summed E-state index contributed by atoms with van der Waals surface area (Å²) in [7, 11) is 0. The van der Waals surface area contributed by atoms with Crippen molar-refractivity contribution >= 4 is 5.97 Å². The molecule has 12 heavy (non-hydrogen) atoms. The number of hydrogen-bond donors (Lipinski definition) is 1. The molecule has 1 unspecified atom stereocenters. The molecule has 0 radical (unpaired) electrons. The van der Waals surface area contributed by atoms with Crippen LogP contribution in [0.15, 0.2) is 0 Å². The first-order valence-corrected chi connectivity index (χ1v) is 2.78. The molecule has 0 amide bonds. The first kappa shape index (κ1) is 11.2. The van der Waals surface area contributed by atoms with Crippen LogP contribution in [0.4, 0.5) is 17.6 Å². The Morgan fingerprint density at radius 1 is 1.42 bits per heavy atom. The van der Waals surface area contributed by atoms with Crippen molar-refractivity contribution in [2.45, 2.75) is 19.0 Å². The maximum atomic E-state index is 12.1. The highest BCUT2D eigenvalue weighted by Gasteiger charge is 2.56. The van der Waals surface area contributed by atoms with Crippen LogP contribution in [0.3, 0.4) is 0 Å². The monoisotopic (exact) mass is 190 g/mol. The van der Waals surface area contributed by atoms with Gasteiger partial charge in [-0.05, 0) is 0 Å². The SMILES string of the molecule is CC(=O)OCC(O)(F)C(F)(F)F. The number of rotatable bonds is 2. The Labute approximate surface area is 64.9 Å². The van der Waals surface area contributed by atoms with E-state index in [2.05, 4.69) is 4.74 Å². The molecule has 0 aromatic heterocycles. The summed E-state index contributed by atoms with van der Waals surface area (Å²) in [4.78, 5) is 9.95. The first-order valence-electron chi connectivity index (χ1n) is 2.78. The summed E-state index contributed by atoms with van der Waals surface area (Å²) in [5.41, 5.74) is 0. The van der Waals surface area contributed by atoms with Crippen molar-refractivity contribution in [3.05, 3.63) is 0 Å². The summed E-state index contributed by atoms with van der Waals surface area (Å²) in [5.74, 6) is -5.58. The van der Waals surface area contributed by atoms with E-state index in [1.807, 2.05) is 0 Å². The summed E-state index contributed by atoms with van der Waals surface area (Å²) in [5, 5.41) is 8.03. The predicted octanol–water partition coefficient (Wildman–Crippen LogP) is 0.770. The molecule has 0 fully saturated rings. The normalized spacial score (nSPS) is 16.8. The summed E-state index contributed by atoms with van der Waals surface area (Å²) in [6.07, 6.45) is -5.46. The number of ether oxygens (including phenoxy) is 1. The van der Waals surface area contributed by atoms with Crippen molar-refractivity contribution in [3.8, 4) is 0 Å². The number of hydrogen-bond acceptors (Lipinski definition) is 3. The van der Waals surface area contributed by atoms with Crippen LogP contribution in [0.1, 0.15) is 6.92 Å². The molecular weight excluding hydrogens is 184 g/mol. The van der Waals surface area contributed by atoms with Crippen LogP contribution in [0.2, 0.25) is 0 Å². The van der Waals surface area contributed by atoms with E-state index < -0.39 is 24.6 Å². The third-order valence-electron chi connectivity index (χ3n) is 0.901. The van der Waals surface area contributed by atoms with Crippen molar-refractivity contribution in [1.29, 1.82) is 0 Å². The van der Waals surface area contributed by atoms with Crippen molar-refractivity contribution in [2.24, 2.45) is 0 Å². The van der Waals surface area contributed by atoms with E-state index in [9.17, 15) is 22.4 Å². The van der Waals surface area contributed by atoms with Crippen LogP contribution < -0.4 is 0 Å². The number of alkyl halides is 4. The molecule has 72 valence electrons. The minimum atomic E-state index is -5.46. The number of esters is 1. The molecule has 0 spiro atoms. The topological polar surface area (TPSA) is 46.5 Å². The quantitative estimate of drug-likeness (QED) is 0.516. The fourth-order valence-electron chi connectivity index (χ4n) is 0.279. The van der Waals surface area contributed by atoms with Crippen LogP contribution >= 0.6 is 0 Å². The summed E-state index contributed by atoms with van der Waals surface area (Å²) in [6, 6.07) is 0. The molecule has 7 heteroatoms. The Morgan fingerprint density at radius 2 is 1.83 bits per heavy atom. The molecule has 0 aromatic carbocycles. The molecule has 0 aliphatic carbocycles. The number of carbonyl (C=O) groups excluding carboxylic acids is 1. The van der Waals surface area contributed by atoms with Crippen LogP contribution in [0.25, 0.3) is 0 Å². The van der Waals surface area contributed by atoms with Crippen LogP contribution in [-0.2, 0) is 9.53 Å². The molecule has 1 N–H and O–H groups in total. The minimum absolute atomic E-state index is 0.798. The molecule has 0 rings (SSSR count). The van der Waals surface area contributed by atoms with Gasteiger partial charge in [-0.2, -0.15) is 17.6 Å². The van der Waals surface area contributed by atoms with E-state index in [1.54, 1.807) is 0 Å². The fourth-order valence-corrected chi connectivity index (χ4v) is 0.279. The van der Waals surface area contributed by atoms with Gasteiger partial charge >= 0.3 is 18.0 Å². The Hall–Kier alpha value is -0.850. The van der Waals surface area contributed by atoms with E-state index in [0.717, 1.165) is 6.92 Å². The van der Waals surface area contributed by atoms with E-state index in [0.29, 0.717) is 0 Å². The van der Waals surface area contributed by atoms with Crippen LogP contribution in [0, 0.1) is 0 Å². The van der Waals surface area contributed by atoms with Gasteiger partial charge in [-0.15, -0.1) is 0 Å². The second-order valence-corrected chi connectivity index (χ2v) is 2.04. The molecule has 0 saturated heterocycles. The highest BCUT2D eigenvalue weighted by atomic mass is 19.4. The van der Waals surface area contributed by atoms with Crippen LogP contribution in [0.5, 0.6) is 0 Å². The van der Waals surface area contributed by atoms with Gasteiger partial charge in [0.25, 0.3) is 0 Å². The Morgan fingerprint density at radius 3 is 2.08 bits per heavy atom. The first-order chi connectivity index (χ1) is 5.17. The standard InChI is InChI=1S/C5H6F4O3/c1-3(10)12-2-4(6,11)5(7,8)9/h11H,2H2,1H3. The maximum absolute atomic E-state index is 12.1.